The Morgan fingerprint density at radius 1 is 1.10 bits per heavy atom. The summed E-state index contributed by atoms with van der Waals surface area (Å²) in [5.41, 5.74) is 5.98. The van der Waals surface area contributed by atoms with Gasteiger partial charge in [-0.2, -0.15) is 0 Å². The largest absolute Gasteiger partial charge is 0.478 e. The minimum absolute atomic E-state index is 0.0132. The van der Waals surface area contributed by atoms with E-state index < -0.39 is 12.1 Å². The number of carbonyl (C=O) groups excluding carboxylic acids is 1. The third kappa shape index (κ3) is 3.93. The third-order valence-electron chi connectivity index (χ3n) is 5.08. The fourth-order valence-electron chi connectivity index (χ4n) is 3.72. The molecule has 0 aliphatic heterocycles. The first kappa shape index (κ1) is 19.4. The molecule has 0 saturated carbocycles. The summed E-state index contributed by atoms with van der Waals surface area (Å²) in [7, 11) is 0. The van der Waals surface area contributed by atoms with E-state index in [1.807, 2.05) is 24.3 Å². The molecule has 0 radical (unpaired) electrons. The van der Waals surface area contributed by atoms with E-state index in [0.29, 0.717) is 16.9 Å². The number of hydrogen-bond acceptors (Lipinski definition) is 4. The molecule has 6 heteroatoms. The number of ether oxygens (including phenoxy) is 1. The second kappa shape index (κ2) is 8.21. The van der Waals surface area contributed by atoms with Crippen LogP contribution in [0.3, 0.4) is 0 Å². The predicted octanol–water partition coefficient (Wildman–Crippen LogP) is 4.85. The van der Waals surface area contributed by atoms with E-state index in [9.17, 15) is 9.59 Å². The Balaban J connectivity index is 1.44. The van der Waals surface area contributed by atoms with Gasteiger partial charge in [0.2, 0.25) is 0 Å². The first-order chi connectivity index (χ1) is 14.5. The minimum Gasteiger partial charge on any atom is -0.478 e. The van der Waals surface area contributed by atoms with Gasteiger partial charge in [0, 0.05) is 18.2 Å². The molecule has 1 aliphatic rings. The molecular formula is C24H20N2O4. The Kier molecular flexibility index (Phi) is 5.30. The maximum absolute atomic E-state index is 12.4. The first-order valence-electron chi connectivity index (χ1n) is 9.52. The van der Waals surface area contributed by atoms with Crippen molar-refractivity contribution in [2.45, 2.75) is 12.8 Å². The molecule has 1 aliphatic carbocycles. The highest BCUT2D eigenvalue weighted by atomic mass is 16.5. The number of aliphatic carboxylic acids is 1. The van der Waals surface area contributed by atoms with Gasteiger partial charge in [-0.1, -0.05) is 48.5 Å². The summed E-state index contributed by atoms with van der Waals surface area (Å²) in [6.07, 6.45) is 3.39. The zero-order valence-corrected chi connectivity index (χ0v) is 16.3. The van der Waals surface area contributed by atoms with E-state index in [4.69, 9.17) is 9.84 Å². The van der Waals surface area contributed by atoms with E-state index in [1.54, 1.807) is 13.0 Å². The summed E-state index contributed by atoms with van der Waals surface area (Å²) in [6.45, 7) is 2.00. The second-order valence-electron chi connectivity index (χ2n) is 7.06. The summed E-state index contributed by atoms with van der Waals surface area (Å²) in [6, 6.07) is 18.0. The van der Waals surface area contributed by atoms with Crippen LogP contribution in [0.15, 0.2) is 66.9 Å². The van der Waals surface area contributed by atoms with Gasteiger partial charge in [0.1, 0.15) is 12.4 Å². The number of carboxylic acids is 1. The normalized spacial score (nSPS) is 12.4. The molecule has 0 unspecified atom stereocenters. The zero-order valence-electron chi connectivity index (χ0n) is 16.3. The molecule has 1 aromatic heterocycles. The molecule has 6 nitrogen and oxygen atoms in total. The lowest BCUT2D eigenvalue weighted by Gasteiger charge is -2.15. The van der Waals surface area contributed by atoms with Crippen molar-refractivity contribution in [2.75, 3.05) is 11.9 Å². The molecule has 0 spiro atoms. The van der Waals surface area contributed by atoms with Crippen molar-refractivity contribution in [2.24, 2.45) is 0 Å². The van der Waals surface area contributed by atoms with Crippen molar-refractivity contribution in [3.8, 4) is 11.1 Å². The number of anilines is 1. The van der Waals surface area contributed by atoms with Crippen LogP contribution in [0.4, 0.5) is 10.6 Å². The predicted molar refractivity (Wildman–Crippen MR) is 114 cm³/mol. The molecule has 2 aromatic carbocycles. The number of benzene rings is 2. The number of nitrogens with zero attached hydrogens (tertiary/aromatic N) is 1. The quantitative estimate of drug-likeness (QED) is 0.598. The lowest BCUT2D eigenvalue weighted by molar-refractivity contribution is -0.131. The molecule has 1 heterocycles. The van der Waals surface area contributed by atoms with Crippen LogP contribution in [-0.4, -0.2) is 28.8 Å². The highest BCUT2D eigenvalue weighted by Crippen LogP contribution is 2.44. The van der Waals surface area contributed by atoms with Crippen LogP contribution >= 0.6 is 0 Å². The van der Waals surface area contributed by atoms with Crippen LogP contribution in [0.1, 0.15) is 28.2 Å². The average molecular weight is 400 g/mol. The van der Waals surface area contributed by atoms with Crippen LogP contribution in [-0.2, 0) is 9.53 Å². The van der Waals surface area contributed by atoms with E-state index in [0.717, 1.165) is 17.2 Å². The maximum Gasteiger partial charge on any atom is 0.412 e. The Morgan fingerprint density at radius 2 is 1.73 bits per heavy atom. The summed E-state index contributed by atoms with van der Waals surface area (Å²) < 4.78 is 5.53. The van der Waals surface area contributed by atoms with E-state index in [2.05, 4.69) is 34.6 Å². The number of fused-ring (bicyclic) bond motifs is 3. The number of nitrogens with one attached hydrogen (secondary N) is 1. The first-order valence-corrected chi connectivity index (χ1v) is 9.52. The van der Waals surface area contributed by atoms with Crippen molar-refractivity contribution in [3.63, 3.8) is 0 Å². The van der Waals surface area contributed by atoms with Gasteiger partial charge in [-0.25, -0.2) is 14.6 Å². The molecule has 30 heavy (non-hydrogen) atoms. The van der Waals surface area contributed by atoms with E-state index in [-0.39, 0.29) is 12.5 Å². The molecule has 1 amide bonds. The molecule has 0 bridgehead atoms. The average Bonchev–Trinajstić information content (AvgIpc) is 3.06. The Bertz CT molecular complexity index is 1110. The van der Waals surface area contributed by atoms with Gasteiger partial charge in [-0.3, -0.25) is 5.32 Å². The summed E-state index contributed by atoms with van der Waals surface area (Å²) in [5.74, 6) is -0.672. The van der Waals surface area contributed by atoms with Crippen molar-refractivity contribution in [3.05, 3.63) is 89.1 Å². The van der Waals surface area contributed by atoms with Gasteiger partial charge in [-0.15, -0.1) is 0 Å². The van der Waals surface area contributed by atoms with Crippen molar-refractivity contribution >= 4 is 24.0 Å². The zero-order chi connectivity index (χ0) is 21.1. The van der Waals surface area contributed by atoms with E-state index in [1.165, 1.54) is 23.4 Å². The molecule has 2 N–H and O–H groups in total. The SMILES string of the molecule is Cc1cc(/C=C/C(=O)O)cnc1NC(=O)OCC1c2ccccc2-c2ccccc21. The second-order valence-corrected chi connectivity index (χ2v) is 7.06. The van der Waals surface area contributed by atoms with Crippen LogP contribution < -0.4 is 5.32 Å². The van der Waals surface area contributed by atoms with Gasteiger partial charge in [0.25, 0.3) is 0 Å². The molecule has 150 valence electrons. The van der Waals surface area contributed by atoms with Crippen molar-refractivity contribution < 1.29 is 19.4 Å². The maximum atomic E-state index is 12.4. The number of rotatable bonds is 5. The topological polar surface area (TPSA) is 88.5 Å². The highest BCUT2D eigenvalue weighted by molar-refractivity contribution is 5.86. The number of amides is 1. The lowest BCUT2D eigenvalue weighted by Crippen LogP contribution is -2.19. The van der Waals surface area contributed by atoms with E-state index >= 15 is 0 Å². The lowest BCUT2D eigenvalue weighted by atomic mass is 9.98. The molecule has 0 saturated heterocycles. The smallest absolute Gasteiger partial charge is 0.412 e. The van der Waals surface area contributed by atoms with Crippen LogP contribution in [0.2, 0.25) is 0 Å². The standard InChI is InChI=1S/C24H20N2O4/c1-15-12-16(10-11-22(27)28)13-25-23(15)26-24(29)30-14-21-19-8-4-2-6-17(19)18-7-3-5-9-20(18)21/h2-13,21H,14H2,1H3,(H,27,28)(H,25,26,29)/b11-10+. The fourth-order valence-corrected chi connectivity index (χ4v) is 3.72. The molecule has 0 atom stereocenters. The Labute approximate surface area is 173 Å². The van der Waals surface area contributed by atoms with Gasteiger partial charge >= 0.3 is 12.1 Å². The minimum atomic E-state index is -1.03. The van der Waals surface area contributed by atoms with Gasteiger partial charge in [0.05, 0.1) is 0 Å². The summed E-state index contributed by atoms with van der Waals surface area (Å²) in [4.78, 5) is 27.2. The van der Waals surface area contributed by atoms with Crippen molar-refractivity contribution in [1.29, 1.82) is 0 Å². The molecule has 3 aromatic rings. The number of carboxylic acid groups (broad SMARTS) is 1. The van der Waals surface area contributed by atoms with Crippen LogP contribution in [0.5, 0.6) is 0 Å². The number of aromatic nitrogens is 1. The fraction of sp³-hybridized carbons (Fsp3) is 0.125. The number of pyridine rings is 1. The number of carbonyl (C=O) groups is 2. The monoisotopic (exact) mass is 400 g/mol. The molecular weight excluding hydrogens is 380 g/mol. The highest BCUT2D eigenvalue weighted by Gasteiger charge is 2.29. The third-order valence-corrected chi connectivity index (χ3v) is 5.08. The van der Waals surface area contributed by atoms with Gasteiger partial charge < -0.3 is 9.84 Å². The summed E-state index contributed by atoms with van der Waals surface area (Å²) >= 11 is 0. The Morgan fingerprint density at radius 3 is 2.33 bits per heavy atom. The van der Waals surface area contributed by atoms with Crippen LogP contribution in [0, 0.1) is 6.92 Å². The van der Waals surface area contributed by atoms with Gasteiger partial charge in [-0.05, 0) is 52.4 Å². The summed E-state index contributed by atoms with van der Waals surface area (Å²) in [5, 5.41) is 11.4. The number of hydrogen-bond donors (Lipinski definition) is 2. The van der Waals surface area contributed by atoms with Gasteiger partial charge in [0.15, 0.2) is 0 Å². The van der Waals surface area contributed by atoms with Crippen LogP contribution in [0.25, 0.3) is 17.2 Å². The molecule has 4 rings (SSSR count). The van der Waals surface area contributed by atoms with Crippen molar-refractivity contribution in [1.82, 2.24) is 4.98 Å². The molecule has 0 fully saturated rings. The number of aryl methyl sites for hydroxylation is 1. The Hall–Kier alpha value is -3.93.